The van der Waals surface area contributed by atoms with Crippen molar-refractivity contribution in [3.8, 4) is 0 Å². The molecule has 16 heavy (non-hydrogen) atoms. The van der Waals surface area contributed by atoms with Crippen LogP contribution < -0.4 is 5.32 Å². The molecular formula is C10H10N4O2. The quantitative estimate of drug-likeness (QED) is 0.715. The Labute approximate surface area is 91.3 Å². The summed E-state index contributed by atoms with van der Waals surface area (Å²) in [6, 6.07) is 6.82. The number of aromatic carboxylic acids is 1. The molecule has 0 aliphatic rings. The van der Waals surface area contributed by atoms with Gasteiger partial charge in [0.1, 0.15) is 6.33 Å². The van der Waals surface area contributed by atoms with Crippen molar-refractivity contribution < 1.29 is 9.90 Å². The topological polar surface area (TPSA) is 90.9 Å². The highest BCUT2D eigenvalue weighted by Gasteiger charge is 2.08. The molecule has 3 N–H and O–H groups in total. The van der Waals surface area contributed by atoms with E-state index in [-0.39, 0.29) is 5.56 Å². The molecule has 6 nitrogen and oxygen atoms in total. The van der Waals surface area contributed by atoms with Crippen LogP contribution in [-0.4, -0.2) is 26.3 Å². The minimum atomic E-state index is -0.935. The average molecular weight is 218 g/mol. The lowest BCUT2D eigenvalue weighted by Crippen LogP contribution is -2.07. The van der Waals surface area contributed by atoms with Crippen molar-refractivity contribution >= 4 is 11.9 Å². The Hall–Kier alpha value is -2.37. The van der Waals surface area contributed by atoms with Crippen LogP contribution in [0.4, 0.5) is 5.95 Å². The highest BCUT2D eigenvalue weighted by Crippen LogP contribution is 2.10. The lowest BCUT2D eigenvalue weighted by molar-refractivity contribution is 0.0696. The maximum atomic E-state index is 10.9. The van der Waals surface area contributed by atoms with E-state index in [0.29, 0.717) is 18.1 Å². The van der Waals surface area contributed by atoms with Gasteiger partial charge in [0.05, 0.1) is 5.56 Å². The van der Waals surface area contributed by atoms with Gasteiger partial charge in [-0.3, -0.25) is 0 Å². The van der Waals surface area contributed by atoms with E-state index < -0.39 is 5.97 Å². The molecule has 0 aliphatic heterocycles. The highest BCUT2D eigenvalue weighted by atomic mass is 16.4. The molecule has 2 rings (SSSR count). The fourth-order valence-corrected chi connectivity index (χ4v) is 1.35. The molecule has 6 heteroatoms. The fraction of sp³-hybridized carbons (Fsp3) is 0.100. The van der Waals surface area contributed by atoms with E-state index in [9.17, 15) is 4.79 Å². The lowest BCUT2D eigenvalue weighted by Gasteiger charge is -2.05. The summed E-state index contributed by atoms with van der Waals surface area (Å²) in [5.74, 6) is -0.421. The zero-order chi connectivity index (χ0) is 11.4. The number of rotatable bonds is 4. The Balaban J connectivity index is 2.12. The van der Waals surface area contributed by atoms with Crippen LogP contribution in [0.3, 0.4) is 0 Å². The summed E-state index contributed by atoms with van der Waals surface area (Å²) in [4.78, 5) is 14.8. The molecule has 82 valence electrons. The summed E-state index contributed by atoms with van der Waals surface area (Å²) < 4.78 is 0. The molecule has 0 saturated heterocycles. The van der Waals surface area contributed by atoms with Crippen molar-refractivity contribution in [1.29, 1.82) is 0 Å². The zero-order valence-electron chi connectivity index (χ0n) is 8.34. The van der Waals surface area contributed by atoms with E-state index in [0.717, 1.165) is 0 Å². The van der Waals surface area contributed by atoms with Crippen molar-refractivity contribution in [3.63, 3.8) is 0 Å². The van der Waals surface area contributed by atoms with E-state index in [1.54, 1.807) is 24.3 Å². The van der Waals surface area contributed by atoms with Gasteiger partial charge in [-0.1, -0.05) is 18.2 Å². The van der Waals surface area contributed by atoms with Gasteiger partial charge < -0.3 is 10.4 Å². The molecule has 0 aliphatic carbocycles. The van der Waals surface area contributed by atoms with Gasteiger partial charge >= 0.3 is 5.97 Å². The van der Waals surface area contributed by atoms with Gasteiger partial charge in [0.2, 0.25) is 5.95 Å². The summed E-state index contributed by atoms with van der Waals surface area (Å²) in [5.41, 5.74) is 0.987. The predicted molar refractivity (Wildman–Crippen MR) is 57.1 cm³/mol. The third-order valence-corrected chi connectivity index (χ3v) is 2.11. The number of nitrogens with zero attached hydrogens (tertiary/aromatic N) is 2. The largest absolute Gasteiger partial charge is 0.478 e. The number of carboxylic acids is 1. The van der Waals surface area contributed by atoms with Crippen LogP contribution >= 0.6 is 0 Å². The van der Waals surface area contributed by atoms with E-state index >= 15 is 0 Å². The number of H-pyrrole nitrogens is 1. The minimum Gasteiger partial charge on any atom is -0.478 e. The number of carbonyl (C=O) groups is 1. The van der Waals surface area contributed by atoms with Crippen molar-refractivity contribution in [1.82, 2.24) is 15.2 Å². The smallest absolute Gasteiger partial charge is 0.336 e. The molecule has 0 spiro atoms. The van der Waals surface area contributed by atoms with Gasteiger partial charge in [-0.05, 0) is 11.6 Å². The fourth-order valence-electron chi connectivity index (χ4n) is 1.35. The normalized spacial score (nSPS) is 10.0. The van der Waals surface area contributed by atoms with Crippen LogP contribution in [0, 0.1) is 0 Å². The Bertz CT molecular complexity index is 481. The zero-order valence-corrected chi connectivity index (χ0v) is 8.34. The summed E-state index contributed by atoms with van der Waals surface area (Å²) in [6.07, 6.45) is 1.38. The maximum absolute atomic E-state index is 10.9. The summed E-state index contributed by atoms with van der Waals surface area (Å²) in [7, 11) is 0. The van der Waals surface area contributed by atoms with Crippen LogP contribution in [0.15, 0.2) is 30.6 Å². The molecule has 1 heterocycles. The molecule has 0 amide bonds. The average Bonchev–Trinajstić information content (AvgIpc) is 2.79. The molecule has 0 unspecified atom stereocenters. The van der Waals surface area contributed by atoms with Crippen LogP contribution in [0.2, 0.25) is 0 Å². The lowest BCUT2D eigenvalue weighted by atomic mass is 10.1. The maximum Gasteiger partial charge on any atom is 0.336 e. The van der Waals surface area contributed by atoms with Gasteiger partial charge in [-0.15, -0.1) is 0 Å². The Morgan fingerprint density at radius 1 is 1.44 bits per heavy atom. The van der Waals surface area contributed by atoms with Gasteiger partial charge in [-0.25, -0.2) is 14.9 Å². The van der Waals surface area contributed by atoms with E-state index in [4.69, 9.17) is 5.11 Å². The SMILES string of the molecule is O=C(O)c1ccccc1CNc1ncn[nH]1. The highest BCUT2D eigenvalue weighted by molar-refractivity contribution is 5.89. The summed E-state index contributed by atoms with van der Waals surface area (Å²) in [5, 5.41) is 18.2. The second kappa shape index (κ2) is 4.43. The number of benzene rings is 1. The number of hydrogen-bond acceptors (Lipinski definition) is 4. The Kier molecular flexibility index (Phi) is 2.81. The van der Waals surface area contributed by atoms with Crippen molar-refractivity contribution in [2.75, 3.05) is 5.32 Å². The van der Waals surface area contributed by atoms with Crippen LogP contribution in [0.5, 0.6) is 0 Å². The molecule has 0 fully saturated rings. The molecular weight excluding hydrogens is 208 g/mol. The predicted octanol–water partition coefficient (Wildman–Crippen LogP) is 1.11. The number of hydrogen-bond donors (Lipinski definition) is 3. The molecule has 1 aromatic heterocycles. The van der Waals surface area contributed by atoms with E-state index in [1.165, 1.54) is 6.33 Å². The minimum absolute atomic E-state index is 0.287. The number of nitrogens with one attached hydrogen (secondary N) is 2. The number of anilines is 1. The third-order valence-electron chi connectivity index (χ3n) is 2.11. The van der Waals surface area contributed by atoms with E-state index in [1.807, 2.05) is 0 Å². The molecule has 0 radical (unpaired) electrons. The summed E-state index contributed by atoms with van der Waals surface area (Å²) >= 11 is 0. The standard InChI is InChI=1S/C10H10N4O2/c15-9(16)8-4-2-1-3-7(8)5-11-10-12-6-13-14-10/h1-4,6H,5H2,(H,15,16)(H2,11,12,13,14). The molecule has 0 atom stereocenters. The Morgan fingerprint density at radius 2 is 2.25 bits per heavy atom. The van der Waals surface area contributed by atoms with Gasteiger partial charge in [0, 0.05) is 6.54 Å². The Morgan fingerprint density at radius 3 is 2.94 bits per heavy atom. The first-order valence-corrected chi connectivity index (χ1v) is 4.68. The number of aromatic amines is 1. The third kappa shape index (κ3) is 2.17. The summed E-state index contributed by atoms with van der Waals surface area (Å²) in [6.45, 7) is 0.387. The van der Waals surface area contributed by atoms with Crippen LogP contribution in [0.1, 0.15) is 15.9 Å². The van der Waals surface area contributed by atoms with Gasteiger partial charge in [0.25, 0.3) is 0 Å². The van der Waals surface area contributed by atoms with Crippen LogP contribution in [-0.2, 0) is 6.54 Å². The second-order valence-corrected chi connectivity index (χ2v) is 3.15. The second-order valence-electron chi connectivity index (χ2n) is 3.15. The first-order valence-electron chi connectivity index (χ1n) is 4.68. The van der Waals surface area contributed by atoms with Crippen LogP contribution in [0.25, 0.3) is 0 Å². The molecule has 1 aromatic carbocycles. The number of carboxylic acid groups (broad SMARTS) is 1. The van der Waals surface area contributed by atoms with Gasteiger partial charge in [0.15, 0.2) is 0 Å². The number of aromatic nitrogens is 3. The van der Waals surface area contributed by atoms with Crippen molar-refractivity contribution in [3.05, 3.63) is 41.7 Å². The molecule has 0 bridgehead atoms. The first kappa shape index (κ1) is 10.2. The van der Waals surface area contributed by atoms with E-state index in [2.05, 4.69) is 20.5 Å². The van der Waals surface area contributed by atoms with Crippen molar-refractivity contribution in [2.24, 2.45) is 0 Å². The molecule has 0 saturated carbocycles. The van der Waals surface area contributed by atoms with Gasteiger partial charge in [-0.2, -0.15) is 5.10 Å². The monoisotopic (exact) mass is 218 g/mol. The molecule has 2 aromatic rings. The first-order chi connectivity index (χ1) is 7.77. The van der Waals surface area contributed by atoms with Crippen molar-refractivity contribution in [2.45, 2.75) is 6.54 Å².